The molecule has 0 amide bonds. The van der Waals surface area contributed by atoms with E-state index in [1.807, 2.05) is 60.9 Å². The van der Waals surface area contributed by atoms with E-state index in [0.29, 0.717) is 79.0 Å². The van der Waals surface area contributed by atoms with Crippen molar-refractivity contribution in [3.05, 3.63) is 273 Å². The van der Waals surface area contributed by atoms with E-state index in [2.05, 4.69) is 9.69 Å². The van der Waals surface area contributed by atoms with E-state index in [1.54, 1.807) is 54.0 Å². The van der Waals surface area contributed by atoms with Crippen LogP contribution >= 0.6 is 0 Å². The van der Waals surface area contributed by atoms with Crippen molar-refractivity contribution in [3.8, 4) is 78.1 Å². The van der Waals surface area contributed by atoms with Crippen LogP contribution in [-0.2, 0) is 30.9 Å². The molecule has 478 valence electrons. The lowest BCUT2D eigenvalue weighted by Gasteiger charge is -2.21. The summed E-state index contributed by atoms with van der Waals surface area (Å²) in [5, 5.41) is 1.77. The van der Waals surface area contributed by atoms with Gasteiger partial charge in [0.05, 0.1) is 68.7 Å². The minimum atomic E-state index is -5.29. The van der Waals surface area contributed by atoms with Crippen molar-refractivity contribution in [3.63, 3.8) is 0 Å². The molecule has 0 atom stereocenters. The molecular weight excluding hydrogens is 1270 g/mol. The van der Waals surface area contributed by atoms with Gasteiger partial charge in [0.2, 0.25) is 0 Å². The highest BCUT2D eigenvalue weighted by molar-refractivity contribution is 6.14. The molecule has 0 spiro atoms. The first-order chi connectivity index (χ1) is 45.3. The van der Waals surface area contributed by atoms with Gasteiger partial charge in [0.15, 0.2) is 11.4 Å². The minimum Gasteiger partial charge on any atom is -0.309 e. The monoisotopic (exact) mass is 1310 g/mol. The summed E-state index contributed by atoms with van der Waals surface area (Å²) in [7, 11) is 0. The molecule has 2 aromatic heterocycles. The molecule has 0 saturated carbocycles. The Labute approximate surface area is 537 Å². The summed E-state index contributed by atoms with van der Waals surface area (Å²) in [4.78, 5) is 7.06. The topological polar surface area (TPSA) is 18.6 Å². The third-order valence-electron chi connectivity index (χ3n) is 17.5. The molecule has 0 fully saturated rings. The first-order valence-corrected chi connectivity index (χ1v) is 29.4. The number of halogens is 15. The van der Waals surface area contributed by atoms with E-state index < -0.39 is 64.3 Å². The molecule has 0 aliphatic carbocycles. The molecule has 13 aromatic rings. The quantitative estimate of drug-likeness (QED) is 0.107. The zero-order valence-corrected chi connectivity index (χ0v) is 50.5. The Bertz CT molecular complexity index is 5480. The van der Waals surface area contributed by atoms with E-state index in [9.17, 15) is 52.7 Å². The van der Waals surface area contributed by atoms with Crippen LogP contribution in [0.1, 0.15) is 50.1 Å². The van der Waals surface area contributed by atoms with Gasteiger partial charge in [-0.25, -0.2) is 9.69 Å². The number of fused-ring (bicyclic) bond motifs is 6. The summed E-state index contributed by atoms with van der Waals surface area (Å²) in [6.45, 7) is 23.0. The molecular formula is C77H45F15N4. The smallest absolute Gasteiger partial charge is 0.309 e. The van der Waals surface area contributed by atoms with E-state index in [0.717, 1.165) is 52.6 Å². The molecule has 0 saturated heterocycles. The third-order valence-corrected chi connectivity index (χ3v) is 17.5. The summed E-state index contributed by atoms with van der Waals surface area (Å²) in [6.07, 6.45) is -24.8. The lowest BCUT2D eigenvalue weighted by Crippen LogP contribution is -2.12. The average Bonchev–Trinajstić information content (AvgIpc) is 1.55. The van der Waals surface area contributed by atoms with Crippen molar-refractivity contribution in [1.82, 2.24) is 9.13 Å². The number of alkyl halides is 15. The number of aromatic nitrogens is 2. The molecule has 0 bridgehead atoms. The van der Waals surface area contributed by atoms with Crippen molar-refractivity contribution in [1.29, 1.82) is 0 Å². The second kappa shape index (κ2) is 22.9. The predicted octanol–water partition coefficient (Wildman–Crippen LogP) is 25.3. The summed E-state index contributed by atoms with van der Waals surface area (Å²) in [5.41, 5.74) is 0.816. The molecule has 11 aromatic carbocycles. The average molecular weight is 1310 g/mol. The van der Waals surface area contributed by atoms with Gasteiger partial charge in [-0.2, -0.15) is 65.9 Å². The Morgan fingerprint density at radius 1 is 0.281 bits per heavy atom. The second-order valence-electron chi connectivity index (χ2n) is 23.6. The maximum atomic E-state index is 15.7. The number of rotatable bonds is 8. The molecule has 0 N–H and O–H groups in total. The Hall–Kier alpha value is -11.1. The van der Waals surface area contributed by atoms with E-state index in [-0.39, 0.29) is 72.8 Å². The fourth-order valence-electron chi connectivity index (χ4n) is 13.1. The Morgan fingerprint density at radius 2 is 0.656 bits per heavy atom. The molecule has 0 unspecified atom stereocenters. The van der Waals surface area contributed by atoms with Crippen LogP contribution in [0.2, 0.25) is 0 Å². The van der Waals surface area contributed by atoms with Crippen LogP contribution in [0, 0.1) is 40.8 Å². The molecule has 0 radical (unpaired) electrons. The lowest BCUT2D eigenvalue weighted by atomic mass is 9.89. The van der Waals surface area contributed by atoms with Crippen molar-refractivity contribution in [2.24, 2.45) is 0 Å². The Kier molecular flexibility index (Phi) is 15.2. The van der Waals surface area contributed by atoms with Gasteiger partial charge in [-0.05, 0) is 226 Å². The minimum absolute atomic E-state index is 0.0122. The lowest BCUT2D eigenvalue weighted by molar-refractivity contribution is -0.143. The molecule has 13 rings (SSSR count). The Morgan fingerprint density at radius 3 is 1.09 bits per heavy atom. The SMILES string of the molecule is [C-]#[N+]c1ccc(-n2c3ccc(-c4ccc(C)cc4C)cc3c3cc(-c4ccc(C(F)(F)F)cc4C)ccc32)c(-c2cc(-n3c4ccc(-c5ccc(C(F)(F)F)cc5C)cc4c4cc(-c5ccc(C(F)(F)F)cc5C(F)(F)F)ccc43)ccc2-c2ccc([N+]#[C-])cc2C(F)(F)F)c1. The first-order valence-electron chi connectivity index (χ1n) is 29.4. The van der Waals surface area contributed by atoms with Crippen molar-refractivity contribution in [2.75, 3.05) is 0 Å². The van der Waals surface area contributed by atoms with E-state index in [4.69, 9.17) is 13.1 Å². The van der Waals surface area contributed by atoms with Crippen LogP contribution in [-0.4, -0.2) is 9.13 Å². The van der Waals surface area contributed by atoms with Crippen LogP contribution < -0.4 is 0 Å². The van der Waals surface area contributed by atoms with Crippen LogP contribution in [0.15, 0.2) is 200 Å². The van der Waals surface area contributed by atoms with Gasteiger partial charge in [0, 0.05) is 27.2 Å². The van der Waals surface area contributed by atoms with Crippen molar-refractivity contribution >= 4 is 55.0 Å². The van der Waals surface area contributed by atoms with Crippen LogP contribution in [0.4, 0.5) is 77.2 Å². The second-order valence-corrected chi connectivity index (χ2v) is 23.6. The fourth-order valence-corrected chi connectivity index (χ4v) is 13.1. The summed E-state index contributed by atoms with van der Waals surface area (Å²) >= 11 is 0. The summed E-state index contributed by atoms with van der Waals surface area (Å²) < 4.78 is 221. The number of benzene rings is 11. The molecule has 0 aliphatic heterocycles. The first kappa shape index (κ1) is 63.7. The maximum absolute atomic E-state index is 15.7. The summed E-state index contributed by atoms with van der Waals surface area (Å²) in [5.74, 6) is 0. The molecule has 19 heteroatoms. The normalized spacial score (nSPS) is 12.5. The van der Waals surface area contributed by atoms with Crippen molar-refractivity contribution in [2.45, 2.75) is 58.6 Å². The molecule has 96 heavy (non-hydrogen) atoms. The molecule has 0 aliphatic rings. The van der Waals surface area contributed by atoms with E-state index >= 15 is 13.2 Å². The Balaban J connectivity index is 1.11. The van der Waals surface area contributed by atoms with Gasteiger partial charge in [-0.15, -0.1) is 0 Å². The highest BCUT2D eigenvalue weighted by atomic mass is 19.4. The highest BCUT2D eigenvalue weighted by Gasteiger charge is 2.40. The fraction of sp³-hybridized carbons (Fsp3) is 0.117. The van der Waals surface area contributed by atoms with Gasteiger partial charge in [-0.3, -0.25) is 0 Å². The molecule has 2 heterocycles. The van der Waals surface area contributed by atoms with Gasteiger partial charge in [0.1, 0.15) is 0 Å². The maximum Gasteiger partial charge on any atom is 0.417 e. The standard InChI is InChI=1S/C77H45F15N4/c1-40-7-18-54(41(2)29-40)44-9-26-70-63(33-44)64-34-46(56-20-13-49(31-43(56)4)74(81,82)83)10-27-71(64)96(70)72-28-16-51(93-5)37-65(72)60-39-53(17-23-58(60)59-22-15-52(94-6)38-67(59)77(90,91)92)95-68-24-8-45(55-19-12-48(30-42(55)3)73(78,79)80)32-61(68)62-35-47(11-25-69(62)95)57-21-14-50(75(84,85)86)36-66(57)76(87,88)89/h7-39H,1-4H3. The number of hydrogen-bond acceptors (Lipinski definition) is 0. The number of hydrogen-bond donors (Lipinski definition) is 0. The highest BCUT2D eigenvalue weighted by Crippen LogP contribution is 2.50. The van der Waals surface area contributed by atoms with Crippen LogP contribution in [0.3, 0.4) is 0 Å². The van der Waals surface area contributed by atoms with Crippen LogP contribution in [0.5, 0.6) is 0 Å². The predicted molar refractivity (Wildman–Crippen MR) is 344 cm³/mol. The van der Waals surface area contributed by atoms with Gasteiger partial charge < -0.3 is 9.13 Å². The van der Waals surface area contributed by atoms with Gasteiger partial charge >= 0.3 is 30.9 Å². The van der Waals surface area contributed by atoms with Crippen molar-refractivity contribution < 1.29 is 65.9 Å². The van der Waals surface area contributed by atoms with E-state index in [1.165, 1.54) is 67.6 Å². The number of aryl methyl sites for hydroxylation is 4. The zero-order valence-electron chi connectivity index (χ0n) is 50.5. The molecule has 4 nitrogen and oxygen atoms in total. The largest absolute Gasteiger partial charge is 0.417 e. The zero-order chi connectivity index (χ0) is 68.5. The third kappa shape index (κ3) is 11.3. The van der Waals surface area contributed by atoms with Crippen LogP contribution in [0.25, 0.3) is 131 Å². The van der Waals surface area contributed by atoms with Gasteiger partial charge in [0.25, 0.3) is 0 Å². The van der Waals surface area contributed by atoms with Gasteiger partial charge in [-0.1, -0.05) is 90.5 Å². The summed E-state index contributed by atoms with van der Waals surface area (Å²) in [6, 6.07) is 46.0. The number of nitrogens with zero attached hydrogens (tertiary/aromatic N) is 4.